The number of hydrogen-bond donors (Lipinski definition) is 0. The average Bonchev–Trinajstić information content (AvgIpc) is 2.94. The number of rotatable bonds is 7. The fraction of sp³-hybridized carbons (Fsp3) is 0.188. The Bertz CT molecular complexity index is 1630. The molecule has 38 heavy (non-hydrogen) atoms. The monoisotopic (exact) mass is 500 g/mol. The van der Waals surface area contributed by atoms with Crippen molar-refractivity contribution in [3.8, 4) is 0 Å². The highest BCUT2D eigenvalue weighted by Crippen LogP contribution is 2.40. The zero-order valence-corrected chi connectivity index (χ0v) is 22.6. The van der Waals surface area contributed by atoms with Gasteiger partial charge in [0.1, 0.15) is 0 Å². The lowest BCUT2D eigenvalue weighted by atomic mass is 10.0. The molecule has 0 bridgehead atoms. The first-order valence-corrected chi connectivity index (χ1v) is 12.8. The maximum atomic E-state index is 4.73. The first-order chi connectivity index (χ1) is 18.5. The topological polar surface area (TPSA) is 55.9 Å². The second-order valence-corrected chi connectivity index (χ2v) is 9.66. The third-order valence-electron chi connectivity index (χ3n) is 6.70. The number of aryl methyl sites for hydroxylation is 1. The third kappa shape index (κ3) is 4.98. The van der Waals surface area contributed by atoms with Crippen LogP contribution in [0.1, 0.15) is 12.5 Å². The number of nitrogens with zero attached hydrogens (tertiary/aromatic N) is 6. The summed E-state index contributed by atoms with van der Waals surface area (Å²) >= 11 is 0. The van der Waals surface area contributed by atoms with Gasteiger partial charge < -0.3 is 9.80 Å². The molecule has 0 unspecified atom stereocenters. The van der Waals surface area contributed by atoms with E-state index in [1.807, 2.05) is 48.5 Å². The largest absolute Gasteiger partial charge is 0.377 e. The molecule has 0 saturated carbocycles. The van der Waals surface area contributed by atoms with Gasteiger partial charge in [0.05, 0.1) is 22.7 Å². The van der Waals surface area contributed by atoms with Gasteiger partial charge in [-0.3, -0.25) is 0 Å². The van der Waals surface area contributed by atoms with Gasteiger partial charge in [-0.25, -0.2) is 0 Å². The van der Waals surface area contributed by atoms with Crippen molar-refractivity contribution >= 4 is 55.7 Å². The number of fused-ring (bicyclic) bond motifs is 2. The fourth-order valence-corrected chi connectivity index (χ4v) is 4.65. The Morgan fingerprint density at radius 1 is 0.500 bits per heavy atom. The van der Waals surface area contributed by atoms with Gasteiger partial charge in [-0.15, -0.1) is 15.3 Å². The standard InChI is InChI=1S/C32H32N6/c1-6-22-14-16-23(17-15-22)33-34-27-18-19-28(25-11-8-7-10-24(25)27)35-36-29-20-21-31(38(4)5)32-26(29)12-9-13-30(32)37(2)3/h7-21H,6H2,1-5H3. The van der Waals surface area contributed by atoms with Crippen LogP contribution in [-0.4, -0.2) is 28.2 Å². The molecule has 0 spiro atoms. The normalized spacial score (nSPS) is 11.7. The van der Waals surface area contributed by atoms with E-state index in [4.69, 9.17) is 10.2 Å². The van der Waals surface area contributed by atoms with E-state index < -0.39 is 0 Å². The van der Waals surface area contributed by atoms with Crippen LogP contribution in [0.5, 0.6) is 0 Å². The molecule has 0 fully saturated rings. The summed E-state index contributed by atoms with van der Waals surface area (Å²) in [6, 6.07) is 30.7. The van der Waals surface area contributed by atoms with Crippen LogP contribution in [0.4, 0.5) is 34.1 Å². The van der Waals surface area contributed by atoms with E-state index in [0.29, 0.717) is 0 Å². The van der Waals surface area contributed by atoms with Gasteiger partial charge in [-0.05, 0) is 54.4 Å². The summed E-state index contributed by atoms with van der Waals surface area (Å²) in [6.07, 6.45) is 1.00. The summed E-state index contributed by atoms with van der Waals surface area (Å²) in [4.78, 5) is 4.27. The highest BCUT2D eigenvalue weighted by Gasteiger charge is 2.13. The van der Waals surface area contributed by atoms with Crippen LogP contribution >= 0.6 is 0 Å². The van der Waals surface area contributed by atoms with Crippen LogP contribution in [0.15, 0.2) is 111 Å². The van der Waals surface area contributed by atoms with Gasteiger partial charge in [-0.2, -0.15) is 5.11 Å². The molecule has 5 aromatic carbocycles. The van der Waals surface area contributed by atoms with Gasteiger partial charge in [0, 0.05) is 61.1 Å². The SMILES string of the molecule is CCc1ccc(N=Nc2ccc(N=Nc3ccc(N(C)C)c4c(N(C)C)cccc34)c3ccccc23)cc1. The van der Waals surface area contributed by atoms with Crippen molar-refractivity contribution in [2.75, 3.05) is 38.0 Å². The predicted molar refractivity (Wildman–Crippen MR) is 161 cm³/mol. The summed E-state index contributed by atoms with van der Waals surface area (Å²) in [7, 11) is 8.25. The number of benzene rings is 5. The van der Waals surface area contributed by atoms with Gasteiger partial charge in [0.2, 0.25) is 0 Å². The summed E-state index contributed by atoms with van der Waals surface area (Å²) in [5.74, 6) is 0. The van der Waals surface area contributed by atoms with Crippen LogP contribution < -0.4 is 9.80 Å². The zero-order valence-electron chi connectivity index (χ0n) is 22.6. The van der Waals surface area contributed by atoms with E-state index in [0.717, 1.165) is 62.1 Å². The molecule has 5 aromatic rings. The first kappa shape index (κ1) is 25.1. The number of azo groups is 2. The molecule has 0 aromatic heterocycles. The minimum Gasteiger partial charge on any atom is -0.377 e. The van der Waals surface area contributed by atoms with Crippen molar-refractivity contribution in [2.45, 2.75) is 13.3 Å². The first-order valence-electron chi connectivity index (χ1n) is 12.8. The number of hydrogen-bond acceptors (Lipinski definition) is 6. The van der Waals surface area contributed by atoms with Crippen LogP contribution in [0.2, 0.25) is 0 Å². The van der Waals surface area contributed by atoms with Crippen LogP contribution in [0.25, 0.3) is 21.5 Å². The third-order valence-corrected chi connectivity index (χ3v) is 6.70. The maximum Gasteiger partial charge on any atom is 0.0937 e. The summed E-state index contributed by atoms with van der Waals surface area (Å²) in [6.45, 7) is 2.14. The Morgan fingerprint density at radius 3 is 1.58 bits per heavy atom. The van der Waals surface area contributed by atoms with Crippen molar-refractivity contribution < 1.29 is 0 Å². The molecule has 0 aliphatic heterocycles. The molecule has 5 rings (SSSR count). The maximum absolute atomic E-state index is 4.73. The molecule has 6 heteroatoms. The van der Waals surface area contributed by atoms with E-state index in [1.54, 1.807) is 0 Å². The predicted octanol–water partition coefficient (Wildman–Crippen LogP) is 9.52. The lowest BCUT2D eigenvalue weighted by molar-refractivity contribution is 1.12. The van der Waals surface area contributed by atoms with E-state index in [-0.39, 0.29) is 0 Å². The molecular weight excluding hydrogens is 468 g/mol. The van der Waals surface area contributed by atoms with Crippen LogP contribution in [-0.2, 0) is 6.42 Å². The molecule has 0 aliphatic carbocycles. The fourth-order valence-electron chi connectivity index (χ4n) is 4.65. The summed E-state index contributed by atoms with van der Waals surface area (Å²) < 4.78 is 0. The highest BCUT2D eigenvalue weighted by atomic mass is 15.1. The molecule has 0 heterocycles. The van der Waals surface area contributed by atoms with Crippen molar-refractivity contribution in [3.63, 3.8) is 0 Å². The molecule has 0 saturated heterocycles. The molecule has 0 aliphatic rings. The molecule has 0 atom stereocenters. The van der Waals surface area contributed by atoms with Gasteiger partial charge in [-0.1, -0.05) is 55.5 Å². The Labute approximate surface area is 224 Å². The minimum atomic E-state index is 0.792. The van der Waals surface area contributed by atoms with E-state index in [2.05, 4.69) is 97.6 Å². The second-order valence-electron chi connectivity index (χ2n) is 9.66. The Morgan fingerprint density at radius 2 is 1.00 bits per heavy atom. The summed E-state index contributed by atoms with van der Waals surface area (Å²) in [5, 5.41) is 22.7. The molecule has 190 valence electrons. The molecule has 0 radical (unpaired) electrons. The van der Waals surface area contributed by atoms with Crippen LogP contribution in [0, 0.1) is 0 Å². The summed E-state index contributed by atoms with van der Waals surface area (Å²) in [5.41, 5.74) is 6.83. The Hall–Kier alpha value is -4.58. The molecule has 0 amide bonds. The lowest BCUT2D eigenvalue weighted by Gasteiger charge is -2.22. The minimum absolute atomic E-state index is 0.792. The Balaban J connectivity index is 1.54. The van der Waals surface area contributed by atoms with Gasteiger partial charge >= 0.3 is 0 Å². The number of anilines is 2. The van der Waals surface area contributed by atoms with Crippen molar-refractivity contribution in [2.24, 2.45) is 20.5 Å². The quantitative estimate of drug-likeness (QED) is 0.209. The van der Waals surface area contributed by atoms with Gasteiger partial charge in [0.15, 0.2) is 0 Å². The average molecular weight is 501 g/mol. The Kier molecular flexibility index (Phi) is 7.13. The van der Waals surface area contributed by atoms with Crippen molar-refractivity contribution in [1.82, 2.24) is 0 Å². The highest BCUT2D eigenvalue weighted by molar-refractivity contribution is 6.08. The molecule has 0 N–H and O–H groups in total. The van der Waals surface area contributed by atoms with Crippen LogP contribution in [0.3, 0.4) is 0 Å². The molecule has 6 nitrogen and oxygen atoms in total. The van der Waals surface area contributed by atoms with E-state index >= 15 is 0 Å². The zero-order chi connectivity index (χ0) is 26.6. The van der Waals surface area contributed by atoms with Gasteiger partial charge in [0.25, 0.3) is 0 Å². The van der Waals surface area contributed by atoms with E-state index in [9.17, 15) is 0 Å². The second kappa shape index (κ2) is 10.8. The van der Waals surface area contributed by atoms with E-state index in [1.165, 1.54) is 5.56 Å². The molecular formula is C32H32N6. The lowest BCUT2D eigenvalue weighted by Crippen LogP contribution is -2.13. The van der Waals surface area contributed by atoms with Crippen molar-refractivity contribution in [3.05, 3.63) is 96.6 Å². The smallest absolute Gasteiger partial charge is 0.0937 e. The van der Waals surface area contributed by atoms with Crippen molar-refractivity contribution in [1.29, 1.82) is 0 Å².